The molecule has 0 fully saturated rings. The number of hydrogen-bond acceptors (Lipinski definition) is 1. The third kappa shape index (κ3) is 3.55. The summed E-state index contributed by atoms with van der Waals surface area (Å²) in [5.74, 6) is -0.326. The molecule has 1 nitrogen and oxygen atoms in total. The van der Waals surface area contributed by atoms with Gasteiger partial charge in [-0.25, -0.2) is 13.2 Å². The molecule has 0 saturated carbocycles. The number of halogens is 3. The molecule has 4 heteroatoms. The zero-order valence-electron chi connectivity index (χ0n) is 8.68. The fourth-order valence-electron chi connectivity index (χ4n) is 1.31. The minimum atomic E-state index is -2.40. The second-order valence-electron chi connectivity index (χ2n) is 3.56. The number of hydrogen-bond donors (Lipinski definition) is 1. The molecular weight excluding hydrogens is 203 g/mol. The minimum Gasteiger partial charge on any atom is -0.302 e. The van der Waals surface area contributed by atoms with Crippen molar-refractivity contribution in [2.75, 3.05) is 0 Å². The summed E-state index contributed by atoms with van der Waals surface area (Å²) < 4.78 is 37.1. The van der Waals surface area contributed by atoms with Gasteiger partial charge in [0.05, 0.1) is 6.04 Å². The second kappa shape index (κ2) is 5.16. The Kier molecular flexibility index (Phi) is 4.15. The van der Waals surface area contributed by atoms with Gasteiger partial charge in [0.1, 0.15) is 5.82 Å². The van der Waals surface area contributed by atoms with Crippen LogP contribution in [0.2, 0.25) is 0 Å². The van der Waals surface area contributed by atoms with E-state index in [-0.39, 0.29) is 11.9 Å². The van der Waals surface area contributed by atoms with Crippen LogP contribution in [0.4, 0.5) is 13.2 Å². The molecule has 1 N–H and O–H groups in total. The largest absolute Gasteiger partial charge is 0.302 e. The van der Waals surface area contributed by atoms with Crippen LogP contribution in [-0.4, -0.2) is 12.5 Å². The maximum absolute atomic E-state index is 12.6. The molecule has 0 aliphatic rings. The van der Waals surface area contributed by atoms with Gasteiger partial charge in [-0.1, -0.05) is 12.1 Å². The van der Waals surface area contributed by atoms with E-state index in [4.69, 9.17) is 0 Å². The quantitative estimate of drug-likeness (QED) is 0.817. The van der Waals surface area contributed by atoms with Gasteiger partial charge in [0.15, 0.2) is 0 Å². The molecular formula is C11H14F3N. The fraction of sp³-hybridized carbons (Fsp3) is 0.455. The van der Waals surface area contributed by atoms with Gasteiger partial charge in [0.25, 0.3) is 6.43 Å². The highest BCUT2D eigenvalue weighted by atomic mass is 19.3. The first-order valence-electron chi connectivity index (χ1n) is 4.80. The lowest BCUT2D eigenvalue weighted by atomic mass is 10.1. The van der Waals surface area contributed by atoms with Crippen LogP contribution in [0.25, 0.3) is 0 Å². The molecule has 0 saturated heterocycles. The molecule has 0 radical (unpaired) electrons. The SMILES string of the molecule is CC(N[C@@H](C)c1ccc(F)cc1)C(F)F. The summed E-state index contributed by atoms with van der Waals surface area (Å²) in [7, 11) is 0. The standard InChI is InChI=1S/C11H14F3N/c1-7(15-8(2)11(13)14)9-3-5-10(12)6-4-9/h3-8,11,15H,1-2H3/t7-,8?/m0/s1. The van der Waals surface area contributed by atoms with Crippen molar-refractivity contribution in [3.05, 3.63) is 35.6 Å². The van der Waals surface area contributed by atoms with Gasteiger partial charge in [-0.15, -0.1) is 0 Å². The normalized spacial score (nSPS) is 15.3. The molecule has 0 heterocycles. The Morgan fingerprint density at radius 1 is 1.07 bits per heavy atom. The van der Waals surface area contributed by atoms with Crippen molar-refractivity contribution < 1.29 is 13.2 Å². The van der Waals surface area contributed by atoms with Gasteiger partial charge in [-0.05, 0) is 31.5 Å². The molecule has 2 atom stereocenters. The molecule has 15 heavy (non-hydrogen) atoms. The van der Waals surface area contributed by atoms with Gasteiger partial charge < -0.3 is 5.32 Å². The molecule has 0 aliphatic heterocycles. The first kappa shape index (κ1) is 12.0. The van der Waals surface area contributed by atoms with Crippen molar-refractivity contribution >= 4 is 0 Å². The molecule has 1 rings (SSSR count). The molecule has 0 aliphatic carbocycles. The molecule has 1 unspecified atom stereocenters. The van der Waals surface area contributed by atoms with Crippen LogP contribution >= 0.6 is 0 Å². The van der Waals surface area contributed by atoms with E-state index in [9.17, 15) is 13.2 Å². The smallest absolute Gasteiger partial charge is 0.253 e. The van der Waals surface area contributed by atoms with Crippen molar-refractivity contribution in [3.63, 3.8) is 0 Å². The highest BCUT2D eigenvalue weighted by Gasteiger charge is 2.17. The summed E-state index contributed by atoms with van der Waals surface area (Å²) in [5, 5.41) is 2.74. The topological polar surface area (TPSA) is 12.0 Å². The Balaban J connectivity index is 2.61. The van der Waals surface area contributed by atoms with Crippen LogP contribution in [0.3, 0.4) is 0 Å². The molecule has 0 spiro atoms. The summed E-state index contributed by atoms with van der Waals surface area (Å²) in [6, 6.07) is 4.73. The zero-order valence-corrected chi connectivity index (χ0v) is 8.68. The van der Waals surface area contributed by atoms with E-state index in [1.54, 1.807) is 19.1 Å². The first-order chi connectivity index (χ1) is 7.00. The predicted molar refractivity (Wildman–Crippen MR) is 53.4 cm³/mol. The van der Waals surface area contributed by atoms with Crippen LogP contribution in [0, 0.1) is 5.82 Å². The van der Waals surface area contributed by atoms with E-state index in [0.29, 0.717) is 0 Å². The van der Waals surface area contributed by atoms with Crippen LogP contribution in [0.1, 0.15) is 25.5 Å². The first-order valence-corrected chi connectivity index (χ1v) is 4.80. The van der Waals surface area contributed by atoms with Crippen molar-refractivity contribution in [1.29, 1.82) is 0 Å². The Hall–Kier alpha value is -1.03. The number of alkyl halides is 2. The monoisotopic (exact) mass is 217 g/mol. The third-order valence-corrected chi connectivity index (χ3v) is 2.26. The Morgan fingerprint density at radius 2 is 1.60 bits per heavy atom. The van der Waals surface area contributed by atoms with E-state index in [1.807, 2.05) is 0 Å². The van der Waals surface area contributed by atoms with Gasteiger partial charge in [-0.3, -0.25) is 0 Å². The lowest BCUT2D eigenvalue weighted by Gasteiger charge is -2.19. The maximum atomic E-state index is 12.6. The van der Waals surface area contributed by atoms with Crippen LogP contribution < -0.4 is 5.32 Å². The highest BCUT2D eigenvalue weighted by molar-refractivity contribution is 5.19. The minimum absolute atomic E-state index is 0.213. The van der Waals surface area contributed by atoms with Gasteiger partial charge in [-0.2, -0.15) is 0 Å². The lowest BCUT2D eigenvalue weighted by molar-refractivity contribution is 0.101. The fourth-order valence-corrected chi connectivity index (χ4v) is 1.31. The van der Waals surface area contributed by atoms with Crippen molar-refractivity contribution in [1.82, 2.24) is 5.32 Å². The Morgan fingerprint density at radius 3 is 2.07 bits per heavy atom. The van der Waals surface area contributed by atoms with E-state index in [0.717, 1.165) is 5.56 Å². The van der Waals surface area contributed by atoms with Crippen molar-refractivity contribution in [3.8, 4) is 0 Å². The molecule has 0 amide bonds. The molecule has 84 valence electrons. The lowest BCUT2D eigenvalue weighted by Crippen LogP contribution is -2.34. The van der Waals surface area contributed by atoms with E-state index in [2.05, 4.69) is 5.32 Å². The average molecular weight is 217 g/mol. The highest BCUT2D eigenvalue weighted by Crippen LogP contribution is 2.14. The third-order valence-electron chi connectivity index (χ3n) is 2.26. The predicted octanol–water partition coefficient (Wildman–Crippen LogP) is 3.13. The van der Waals surface area contributed by atoms with Gasteiger partial charge in [0, 0.05) is 6.04 Å². The van der Waals surface area contributed by atoms with Crippen LogP contribution in [0.15, 0.2) is 24.3 Å². The van der Waals surface area contributed by atoms with Gasteiger partial charge >= 0.3 is 0 Å². The van der Waals surface area contributed by atoms with Crippen LogP contribution in [-0.2, 0) is 0 Å². The van der Waals surface area contributed by atoms with E-state index < -0.39 is 12.5 Å². The number of nitrogens with one attached hydrogen (secondary N) is 1. The summed E-state index contributed by atoms with van der Waals surface area (Å²) in [6.45, 7) is 3.19. The maximum Gasteiger partial charge on any atom is 0.253 e. The summed E-state index contributed by atoms with van der Waals surface area (Å²) in [6.07, 6.45) is -2.40. The van der Waals surface area contributed by atoms with E-state index in [1.165, 1.54) is 19.1 Å². The molecule has 1 aromatic rings. The number of rotatable bonds is 4. The second-order valence-corrected chi connectivity index (χ2v) is 3.56. The van der Waals surface area contributed by atoms with Crippen molar-refractivity contribution in [2.45, 2.75) is 32.4 Å². The summed E-state index contributed by atoms with van der Waals surface area (Å²) in [4.78, 5) is 0. The van der Waals surface area contributed by atoms with Crippen molar-refractivity contribution in [2.24, 2.45) is 0 Å². The van der Waals surface area contributed by atoms with Crippen LogP contribution in [0.5, 0.6) is 0 Å². The zero-order chi connectivity index (χ0) is 11.4. The molecule has 1 aromatic carbocycles. The Labute approximate surface area is 87.3 Å². The van der Waals surface area contributed by atoms with Gasteiger partial charge in [0.2, 0.25) is 0 Å². The Bertz CT molecular complexity index is 297. The summed E-state index contributed by atoms with van der Waals surface area (Å²) >= 11 is 0. The number of benzene rings is 1. The summed E-state index contributed by atoms with van der Waals surface area (Å²) in [5.41, 5.74) is 0.795. The van der Waals surface area contributed by atoms with E-state index >= 15 is 0 Å². The molecule has 0 bridgehead atoms. The molecule has 0 aromatic heterocycles. The average Bonchev–Trinajstić information content (AvgIpc) is 2.18.